The van der Waals surface area contributed by atoms with E-state index in [1.165, 1.54) is 24.0 Å². The Bertz CT molecular complexity index is 325. The van der Waals surface area contributed by atoms with E-state index in [-0.39, 0.29) is 0 Å². The molecule has 102 valence electrons. The average Bonchev–Trinajstić information content (AvgIpc) is 2.38. The quantitative estimate of drug-likeness (QED) is 0.719. The summed E-state index contributed by atoms with van der Waals surface area (Å²) in [7, 11) is 0. The molecule has 0 aliphatic carbocycles. The van der Waals surface area contributed by atoms with Crippen LogP contribution in [0.25, 0.3) is 0 Å². The Kier molecular flexibility index (Phi) is 7.70. The van der Waals surface area contributed by atoms with Gasteiger partial charge in [-0.1, -0.05) is 51.5 Å². The molecule has 0 saturated carbocycles. The van der Waals surface area contributed by atoms with Crippen molar-refractivity contribution in [3.8, 4) is 0 Å². The summed E-state index contributed by atoms with van der Waals surface area (Å²) in [6.45, 7) is 10.1. The van der Waals surface area contributed by atoms with Crippen LogP contribution in [0.4, 0.5) is 0 Å². The monoisotopic (exact) mass is 249 g/mol. The summed E-state index contributed by atoms with van der Waals surface area (Å²) in [6.07, 6.45) is 2.49. The minimum Gasteiger partial charge on any atom is -0.376 e. The number of benzene rings is 1. The molecule has 2 heteroatoms. The Labute approximate surface area is 112 Å². The van der Waals surface area contributed by atoms with E-state index in [4.69, 9.17) is 4.74 Å². The molecule has 1 N–H and O–H groups in total. The second-order valence-corrected chi connectivity index (χ2v) is 4.96. The molecule has 1 aromatic rings. The highest BCUT2D eigenvalue weighted by molar-refractivity contribution is 5.26. The molecule has 0 spiro atoms. The summed E-state index contributed by atoms with van der Waals surface area (Å²) in [5, 5.41) is 3.37. The number of hydrogen-bond acceptors (Lipinski definition) is 2. The topological polar surface area (TPSA) is 21.3 Å². The van der Waals surface area contributed by atoms with E-state index in [2.05, 4.69) is 50.4 Å². The van der Waals surface area contributed by atoms with E-state index in [1.807, 2.05) is 0 Å². The van der Waals surface area contributed by atoms with Crippen molar-refractivity contribution < 1.29 is 4.74 Å². The van der Waals surface area contributed by atoms with Gasteiger partial charge in [0.1, 0.15) is 0 Å². The Morgan fingerprint density at radius 1 is 1.17 bits per heavy atom. The Morgan fingerprint density at radius 2 is 1.89 bits per heavy atom. The zero-order chi connectivity index (χ0) is 13.2. The first-order valence-corrected chi connectivity index (χ1v) is 7.13. The first-order valence-electron chi connectivity index (χ1n) is 7.13. The molecule has 0 aliphatic heterocycles. The lowest BCUT2D eigenvalue weighted by molar-refractivity contribution is 0.0888. The standard InChI is InChI=1S/C16H27NO/c1-4-8-14(3)12-18-13-16-10-7-6-9-15(16)11-17-5-2/h6-7,9-10,14,17H,4-5,8,11-13H2,1-3H3. The molecule has 0 heterocycles. The maximum Gasteiger partial charge on any atom is 0.0720 e. The fraction of sp³-hybridized carbons (Fsp3) is 0.625. The molecule has 0 bridgehead atoms. The fourth-order valence-electron chi connectivity index (χ4n) is 2.08. The Balaban J connectivity index is 2.40. The summed E-state index contributed by atoms with van der Waals surface area (Å²) < 4.78 is 5.83. The molecule has 0 radical (unpaired) electrons. The number of ether oxygens (including phenoxy) is 1. The van der Waals surface area contributed by atoms with Gasteiger partial charge in [-0.05, 0) is 30.0 Å². The third-order valence-corrected chi connectivity index (χ3v) is 3.13. The first-order chi connectivity index (χ1) is 8.77. The molecule has 2 nitrogen and oxygen atoms in total. The summed E-state index contributed by atoms with van der Waals surface area (Å²) in [5.74, 6) is 0.663. The number of rotatable bonds is 9. The van der Waals surface area contributed by atoms with E-state index in [9.17, 15) is 0 Å². The van der Waals surface area contributed by atoms with Gasteiger partial charge in [0, 0.05) is 13.2 Å². The highest BCUT2D eigenvalue weighted by atomic mass is 16.5. The maximum atomic E-state index is 5.83. The van der Waals surface area contributed by atoms with Crippen molar-refractivity contribution in [3.05, 3.63) is 35.4 Å². The molecule has 1 aromatic carbocycles. The van der Waals surface area contributed by atoms with Gasteiger partial charge in [-0.15, -0.1) is 0 Å². The number of hydrogen-bond donors (Lipinski definition) is 1. The van der Waals surface area contributed by atoms with E-state index in [1.54, 1.807) is 0 Å². The van der Waals surface area contributed by atoms with Gasteiger partial charge in [0.25, 0.3) is 0 Å². The lowest BCUT2D eigenvalue weighted by Crippen LogP contribution is -2.14. The van der Waals surface area contributed by atoms with Gasteiger partial charge in [-0.3, -0.25) is 0 Å². The van der Waals surface area contributed by atoms with Gasteiger partial charge in [0.15, 0.2) is 0 Å². The van der Waals surface area contributed by atoms with Crippen LogP contribution in [-0.2, 0) is 17.9 Å². The molecule has 0 saturated heterocycles. The van der Waals surface area contributed by atoms with Crippen LogP contribution in [0.1, 0.15) is 44.7 Å². The smallest absolute Gasteiger partial charge is 0.0720 e. The first kappa shape index (κ1) is 15.2. The van der Waals surface area contributed by atoms with Crippen LogP contribution in [-0.4, -0.2) is 13.2 Å². The zero-order valence-electron chi connectivity index (χ0n) is 12.0. The van der Waals surface area contributed by atoms with Crippen molar-refractivity contribution in [3.63, 3.8) is 0 Å². The lowest BCUT2D eigenvalue weighted by Gasteiger charge is -2.13. The normalized spacial score (nSPS) is 12.6. The summed E-state index contributed by atoms with van der Waals surface area (Å²) in [5.41, 5.74) is 2.66. The van der Waals surface area contributed by atoms with Gasteiger partial charge >= 0.3 is 0 Å². The van der Waals surface area contributed by atoms with E-state index in [0.29, 0.717) is 5.92 Å². The predicted octanol–water partition coefficient (Wildman–Crippen LogP) is 3.75. The fourth-order valence-corrected chi connectivity index (χ4v) is 2.08. The average molecular weight is 249 g/mol. The van der Waals surface area contributed by atoms with Crippen molar-refractivity contribution >= 4 is 0 Å². The summed E-state index contributed by atoms with van der Waals surface area (Å²) >= 11 is 0. The largest absolute Gasteiger partial charge is 0.376 e. The molecule has 1 rings (SSSR count). The van der Waals surface area contributed by atoms with Crippen molar-refractivity contribution in [1.82, 2.24) is 5.32 Å². The van der Waals surface area contributed by atoms with Crippen LogP contribution >= 0.6 is 0 Å². The summed E-state index contributed by atoms with van der Waals surface area (Å²) in [6, 6.07) is 8.52. The summed E-state index contributed by atoms with van der Waals surface area (Å²) in [4.78, 5) is 0. The zero-order valence-corrected chi connectivity index (χ0v) is 12.0. The van der Waals surface area contributed by atoms with Crippen molar-refractivity contribution in [2.45, 2.75) is 46.8 Å². The Morgan fingerprint density at radius 3 is 2.56 bits per heavy atom. The van der Waals surface area contributed by atoms with Crippen LogP contribution in [0.3, 0.4) is 0 Å². The van der Waals surface area contributed by atoms with Gasteiger partial charge in [0.05, 0.1) is 6.61 Å². The maximum absolute atomic E-state index is 5.83. The highest BCUT2D eigenvalue weighted by Crippen LogP contribution is 2.12. The van der Waals surface area contributed by atoms with Crippen LogP contribution < -0.4 is 5.32 Å². The molecule has 0 amide bonds. The third-order valence-electron chi connectivity index (χ3n) is 3.13. The molecular weight excluding hydrogens is 222 g/mol. The Hall–Kier alpha value is -0.860. The van der Waals surface area contributed by atoms with Gasteiger partial charge in [-0.25, -0.2) is 0 Å². The van der Waals surface area contributed by atoms with Crippen LogP contribution in [0.5, 0.6) is 0 Å². The minimum atomic E-state index is 0.663. The van der Waals surface area contributed by atoms with Gasteiger partial charge in [0.2, 0.25) is 0 Å². The molecule has 1 atom stereocenters. The molecule has 1 unspecified atom stereocenters. The molecular formula is C16H27NO. The number of nitrogens with one attached hydrogen (secondary N) is 1. The van der Waals surface area contributed by atoms with Crippen molar-refractivity contribution in [2.75, 3.05) is 13.2 Å². The SMILES string of the molecule is CCCC(C)COCc1ccccc1CNCC. The second kappa shape index (κ2) is 9.12. The van der Waals surface area contributed by atoms with E-state index >= 15 is 0 Å². The molecule has 18 heavy (non-hydrogen) atoms. The lowest BCUT2D eigenvalue weighted by atomic mass is 10.1. The van der Waals surface area contributed by atoms with Gasteiger partial charge in [-0.2, -0.15) is 0 Å². The predicted molar refractivity (Wildman–Crippen MR) is 77.6 cm³/mol. The molecule has 0 aromatic heterocycles. The van der Waals surface area contributed by atoms with E-state index in [0.717, 1.165) is 26.3 Å². The van der Waals surface area contributed by atoms with E-state index < -0.39 is 0 Å². The van der Waals surface area contributed by atoms with Gasteiger partial charge < -0.3 is 10.1 Å². The van der Waals surface area contributed by atoms with Crippen LogP contribution in [0.2, 0.25) is 0 Å². The minimum absolute atomic E-state index is 0.663. The van der Waals surface area contributed by atoms with Crippen molar-refractivity contribution in [1.29, 1.82) is 0 Å². The van der Waals surface area contributed by atoms with Crippen molar-refractivity contribution in [2.24, 2.45) is 5.92 Å². The molecule has 0 aliphatic rings. The second-order valence-electron chi connectivity index (χ2n) is 4.96. The van der Waals surface area contributed by atoms with Crippen LogP contribution in [0, 0.1) is 5.92 Å². The highest BCUT2D eigenvalue weighted by Gasteiger charge is 2.04. The van der Waals surface area contributed by atoms with Crippen LogP contribution in [0.15, 0.2) is 24.3 Å². The molecule has 0 fully saturated rings. The third kappa shape index (κ3) is 5.65.